The van der Waals surface area contributed by atoms with Crippen molar-refractivity contribution in [1.82, 2.24) is 15.5 Å². The molecule has 2 fully saturated rings. The number of nitrogens with one attached hydrogen (secondary N) is 2. The van der Waals surface area contributed by atoms with E-state index in [1.165, 1.54) is 6.42 Å². The molecular formula is C25H37N3O3. The fraction of sp³-hybridized carbons (Fsp3) is 0.640. The summed E-state index contributed by atoms with van der Waals surface area (Å²) >= 11 is 0. The van der Waals surface area contributed by atoms with Crippen LogP contribution >= 0.6 is 0 Å². The highest BCUT2D eigenvalue weighted by Gasteiger charge is 2.31. The third kappa shape index (κ3) is 6.81. The molecule has 6 nitrogen and oxygen atoms in total. The van der Waals surface area contributed by atoms with Crippen molar-refractivity contribution in [3.8, 4) is 0 Å². The molecule has 2 N–H and O–H groups in total. The minimum absolute atomic E-state index is 0.0691. The van der Waals surface area contributed by atoms with Crippen molar-refractivity contribution >= 4 is 17.7 Å². The molecule has 31 heavy (non-hydrogen) atoms. The van der Waals surface area contributed by atoms with Crippen LogP contribution in [0.1, 0.15) is 76.8 Å². The first-order chi connectivity index (χ1) is 14.9. The molecule has 0 spiro atoms. The molecule has 0 radical (unpaired) electrons. The van der Waals surface area contributed by atoms with Gasteiger partial charge in [0.2, 0.25) is 17.7 Å². The van der Waals surface area contributed by atoms with Crippen molar-refractivity contribution in [2.45, 2.75) is 77.3 Å². The Kier molecular flexibility index (Phi) is 8.50. The van der Waals surface area contributed by atoms with Gasteiger partial charge in [-0.3, -0.25) is 14.4 Å². The lowest BCUT2D eigenvalue weighted by atomic mass is 9.88. The normalized spacial score (nSPS) is 19.1. The minimum atomic E-state index is -0.666. The van der Waals surface area contributed by atoms with Crippen LogP contribution in [0.5, 0.6) is 0 Å². The highest BCUT2D eigenvalue weighted by atomic mass is 16.2. The van der Waals surface area contributed by atoms with Crippen molar-refractivity contribution < 1.29 is 14.4 Å². The Morgan fingerprint density at radius 2 is 1.61 bits per heavy atom. The lowest BCUT2D eigenvalue weighted by molar-refractivity contribution is -0.138. The average molecular weight is 428 g/mol. The fourth-order valence-corrected chi connectivity index (χ4v) is 4.63. The molecule has 1 heterocycles. The summed E-state index contributed by atoms with van der Waals surface area (Å²) < 4.78 is 0. The molecule has 3 amide bonds. The first kappa shape index (κ1) is 23.3. The Bertz CT molecular complexity index is 736. The van der Waals surface area contributed by atoms with Crippen LogP contribution in [0.2, 0.25) is 0 Å². The van der Waals surface area contributed by atoms with Crippen molar-refractivity contribution in [2.24, 2.45) is 11.8 Å². The van der Waals surface area contributed by atoms with E-state index in [0.29, 0.717) is 19.5 Å². The quantitative estimate of drug-likeness (QED) is 0.698. The van der Waals surface area contributed by atoms with Crippen LogP contribution in [0.3, 0.4) is 0 Å². The SMILES string of the molecule is CC(C)CC(=O)NC(C(=O)N1CCC(NC(=O)C2CCCCC2)CC1)c1ccccc1. The van der Waals surface area contributed by atoms with E-state index in [0.717, 1.165) is 44.1 Å². The molecule has 0 aromatic heterocycles. The van der Waals surface area contributed by atoms with Gasteiger partial charge in [0, 0.05) is 31.5 Å². The Hall–Kier alpha value is -2.37. The standard InChI is InChI=1S/C25H37N3O3/c1-18(2)17-22(29)27-23(19-9-5-3-6-10-19)25(31)28-15-13-21(14-16-28)26-24(30)20-11-7-4-8-12-20/h3,5-6,9-10,18,20-21,23H,4,7-8,11-17H2,1-2H3,(H,26,30)(H,27,29). The van der Waals surface area contributed by atoms with Crippen LogP contribution in [-0.2, 0) is 14.4 Å². The van der Waals surface area contributed by atoms with Crippen molar-refractivity contribution in [1.29, 1.82) is 0 Å². The third-order valence-electron chi connectivity index (χ3n) is 6.41. The second-order valence-electron chi connectivity index (χ2n) is 9.45. The number of carbonyl (C=O) groups is 3. The summed E-state index contributed by atoms with van der Waals surface area (Å²) in [6.07, 6.45) is 7.43. The van der Waals surface area contributed by atoms with Crippen molar-refractivity contribution in [3.63, 3.8) is 0 Å². The number of benzene rings is 1. The van der Waals surface area contributed by atoms with Gasteiger partial charge in [0.05, 0.1) is 0 Å². The predicted octanol–water partition coefficient (Wildman–Crippen LogP) is 3.58. The van der Waals surface area contributed by atoms with E-state index in [9.17, 15) is 14.4 Å². The largest absolute Gasteiger partial charge is 0.353 e. The van der Waals surface area contributed by atoms with E-state index in [4.69, 9.17) is 0 Å². The summed E-state index contributed by atoms with van der Waals surface area (Å²) in [5.74, 6) is 0.405. The lowest BCUT2D eigenvalue weighted by Crippen LogP contribution is -2.50. The second-order valence-corrected chi connectivity index (χ2v) is 9.45. The topological polar surface area (TPSA) is 78.5 Å². The number of piperidine rings is 1. The van der Waals surface area contributed by atoms with Gasteiger partial charge in [0.15, 0.2) is 0 Å². The molecule has 170 valence electrons. The summed E-state index contributed by atoms with van der Waals surface area (Å²) in [5.41, 5.74) is 0.803. The summed E-state index contributed by atoms with van der Waals surface area (Å²) in [4.78, 5) is 40.1. The van der Waals surface area contributed by atoms with E-state index >= 15 is 0 Å². The van der Waals surface area contributed by atoms with Gasteiger partial charge in [0.25, 0.3) is 0 Å². The lowest BCUT2D eigenvalue weighted by Gasteiger charge is -2.35. The number of amides is 3. The number of likely N-dealkylation sites (tertiary alicyclic amines) is 1. The summed E-state index contributed by atoms with van der Waals surface area (Å²) in [5, 5.41) is 6.16. The van der Waals surface area contributed by atoms with Gasteiger partial charge in [-0.1, -0.05) is 63.4 Å². The molecule has 1 atom stereocenters. The first-order valence-corrected chi connectivity index (χ1v) is 11.9. The van der Waals surface area contributed by atoms with Crippen LogP contribution < -0.4 is 10.6 Å². The Morgan fingerprint density at radius 1 is 0.968 bits per heavy atom. The Balaban J connectivity index is 1.57. The Labute approximate surface area is 186 Å². The molecule has 1 aromatic rings. The molecule has 1 aliphatic carbocycles. The van der Waals surface area contributed by atoms with E-state index in [2.05, 4.69) is 10.6 Å². The number of nitrogens with zero attached hydrogens (tertiary/aromatic N) is 1. The van der Waals surface area contributed by atoms with Crippen LogP contribution in [-0.4, -0.2) is 41.8 Å². The number of hydrogen-bond acceptors (Lipinski definition) is 3. The maximum atomic E-state index is 13.3. The number of hydrogen-bond donors (Lipinski definition) is 2. The van der Waals surface area contributed by atoms with E-state index in [1.54, 1.807) is 0 Å². The van der Waals surface area contributed by atoms with Gasteiger partial charge in [-0.25, -0.2) is 0 Å². The second kappa shape index (κ2) is 11.3. The third-order valence-corrected chi connectivity index (χ3v) is 6.41. The summed E-state index contributed by atoms with van der Waals surface area (Å²) in [7, 11) is 0. The zero-order valence-electron chi connectivity index (χ0n) is 18.9. The van der Waals surface area contributed by atoms with Gasteiger partial charge in [0.1, 0.15) is 6.04 Å². The number of rotatable bonds is 7. The highest BCUT2D eigenvalue weighted by molar-refractivity contribution is 5.89. The average Bonchev–Trinajstić information content (AvgIpc) is 2.78. The van der Waals surface area contributed by atoms with E-state index in [-0.39, 0.29) is 35.6 Å². The van der Waals surface area contributed by atoms with Crippen LogP contribution in [0.15, 0.2) is 30.3 Å². The van der Waals surface area contributed by atoms with Crippen molar-refractivity contribution in [3.05, 3.63) is 35.9 Å². The molecule has 3 rings (SSSR count). The maximum absolute atomic E-state index is 13.3. The predicted molar refractivity (Wildman–Crippen MR) is 121 cm³/mol. The minimum Gasteiger partial charge on any atom is -0.353 e. The molecule has 1 unspecified atom stereocenters. The Morgan fingerprint density at radius 3 is 2.23 bits per heavy atom. The van der Waals surface area contributed by atoms with Gasteiger partial charge < -0.3 is 15.5 Å². The molecule has 1 saturated carbocycles. The highest BCUT2D eigenvalue weighted by Crippen LogP contribution is 2.25. The smallest absolute Gasteiger partial charge is 0.249 e. The summed E-state index contributed by atoms with van der Waals surface area (Å²) in [6.45, 7) is 5.17. The van der Waals surface area contributed by atoms with E-state index < -0.39 is 6.04 Å². The molecule has 0 bridgehead atoms. The van der Waals surface area contributed by atoms with Gasteiger partial charge >= 0.3 is 0 Å². The molecule has 6 heteroatoms. The van der Waals surface area contributed by atoms with Gasteiger partial charge in [-0.15, -0.1) is 0 Å². The van der Waals surface area contributed by atoms with E-state index in [1.807, 2.05) is 49.1 Å². The van der Waals surface area contributed by atoms with Gasteiger partial charge in [-0.2, -0.15) is 0 Å². The van der Waals surface area contributed by atoms with Crippen LogP contribution in [0.25, 0.3) is 0 Å². The maximum Gasteiger partial charge on any atom is 0.249 e. The number of carbonyl (C=O) groups excluding carboxylic acids is 3. The first-order valence-electron chi connectivity index (χ1n) is 11.9. The monoisotopic (exact) mass is 427 g/mol. The molecular weight excluding hydrogens is 390 g/mol. The van der Waals surface area contributed by atoms with Crippen LogP contribution in [0, 0.1) is 11.8 Å². The molecule has 2 aliphatic rings. The zero-order chi connectivity index (χ0) is 22.2. The zero-order valence-corrected chi connectivity index (χ0v) is 18.9. The van der Waals surface area contributed by atoms with Crippen molar-refractivity contribution in [2.75, 3.05) is 13.1 Å². The molecule has 1 aromatic carbocycles. The van der Waals surface area contributed by atoms with Gasteiger partial charge in [-0.05, 0) is 37.2 Å². The summed E-state index contributed by atoms with van der Waals surface area (Å²) in [6, 6.07) is 8.91. The molecule has 1 aliphatic heterocycles. The fourth-order valence-electron chi connectivity index (χ4n) is 4.63. The molecule has 1 saturated heterocycles. The van der Waals surface area contributed by atoms with Crippen LogP contribution in [0.4, 0.5) is 0 Å².